The van der Waals surface area contributed by atoms with Gasteiger partial charge in [-0.05, 0) is 64.9 Å². The molecule has 7 heteroatoms. The SMILES string of the molecule is CCOc1cc(/C=C2\SC(=O)N(C)C2=O)c(Br)cc1OCc1ccc2ccccc2c1. The molecular formula is C24H20BrNO4S. The maximum atomic E-state index is 12.2. The molecule has 5 nitrogen and oxygen atoms in total. The Balaban J connectivity index is 1.59. The van der Waals surface area contributed by atoms with Crippen molar-refractivity contribution in [3.05, 3.63) is 75.1 Å². The van der Waals surface area contributed by atoms with E-state index in [1.807, 2.05) is 37.3 Å². The van der Waals surface area contributed by atoms with Gasteiger partial charge in [-0.25, -0.2) is 0 Å². The number of thioether (sulfide) groups is 1. The maximum Gasteiger partial charge on any atom is 0.293 e. The lowest BCUT2D eigenvalue weighted by Crippen LogP contribution is -2.22. The molecule has 2 amide bonds. The van der Waals surface area contributed by atoms with E-state index in [1.165, 1.54) is 12.4 Å². The first-order chi connectivity index (χ1) is 15.0. The summed E-state index contributed by atoms with van der Waals surface area (Å²) < 4.78 is 12.6. The number of ether oxygens (including phenoxy) is 2. The minimum absolute atomic E-state index is 0.284. The van der Waals surface area contributed by atoms with Crippen molar-refractivity contribution in [3.63, 3.8) is 0 Å². The summed E-state index contributed by atoms with van der Waals surface area (Å²) in [6, 6.07) is 18.1. The fourth-order valence-electron chi connectivity index (χ4n) is 3.22. The molecular weight excluding hydrogens is 478 g/mol. The molecule has 1 aliphatic rings. The Morgan fingerprint density at radius 1 is 1.00 bits per heavy atom. The number of likely N-dealkylation sites (N-methyl/N-ethyl adjacent to an activating group) is 1. The van der Waals surface area contributed by atoms with Crippen molar-refractivity contribution in [2.24, 2.45) is 0 Å². The fraction of sp³-hybridized carbons (Fsp3) is 0.167. The monoisotopic (exact) mass is 497 g/mol. The molecule has 0 saturated carbocycles. The summed E-state index contributed by atoms with van der Waals surface area (Å²) in [4.78, 5) is 25.5. The third kappa shape index (κ3) is 4.62. The topological polar surface area (TPSA) is 55.8 Å². The lowest BCUT2D eigenvalue weighted by atomic mass is 10.1. The van der Waals surface area contributed by atoms with Crippen LogP contribution in [0.25, 0.3) is 16.8 Å². The van der Waals surface area contributed by atoms with Crippen molar-refractivity contribution < 1.29 is 19.1 Å². The van der Waals surface area contributed by atoms with Crippen LogP contribution in [-0.2, 0) is 11.4 Å². The summed E-state index contributed by atoms with van der Waals surface area (Å²) in [6.45, 7) is 2.77. The van der Waals surface area contributed by atoms with Crippen molar-refractivity contribution in [2.75, 3.05) is 13.7 Å². The third-order valence-electron chi connectivity index (χ3n) is 4.84. The molecule has 158 valence electrons. The van der Waals surface area contributed by atoms with Crippen LogP contribution in [-0.4, -0.2) is 29.7 Å². The van der Waals surface area contributed by atoms with Gasteiger partial charge in [-0.15, -0.1) is 0 Å². The number of halogens is 1. The van der Waals surface area contributed by atoms with Crippen LogP contribution in [0.15, 0.2) is 64.0 Å². The molecule has 0 N–H and O–H groups in total. The molecule has 1 aliphatic heterocycles. The van der Waals surface area contributed by atoms with E-state index in [9.17, 15) is 9.59 Å². The largest absolute Gasteiger partial charge is 0.490 e. The second-order valence-electron chi connectivity index (χ2n) is 6.96. The van der Waals surface area contributed by atoms with Crippen LogP contribution < -0.4 is 9.47 Å². The number of hydrogen-bond donors (Lipinski definition) is 0. The number of carbonyl (C=O) groups is 2. The van der Waals surface area contributed by atoms with Crippen molar-refractivity contribution >= 4 is 55.7 Å². The number of carbonyl (C=O) groups excluding carboxylic acids is 2. The van der Waals surface area contributed by atoms with E-state index < -0.39 is 0 Å². The second kappa shape index (κ2) is 9.16. The highest BCUT2D eigenvalue weighted by atomic mass is 79.9. The number of rotatable bonds is 6. The van der Waals surface area contributed by atoms with E-state index in [1.54, 1.807) is 6.08 Å². The fourth-order valence-corrected chi connectivity index (χ4v) is 4.47. The summed E-state index contributed by atoms with van der Waals surface area (Å²) >= 11 is 4.47. The first-order valence-corrected chi connectivity index (χ1v) is 11.4. The summed E-state index contributed by atoms with van der Waals surface area (Å²) in [5.74, 6) is 0.868. The minimum Gasteiger partial charge on any atom is -0.490 e. The van der Waals surface area contributed by atoms with Gasteiger partial charge in [0, 0.05) is 11.5 Å². The highest BCUT2D eigenvalue weighted by Crippen LogP contribution is 2.38. The molecule has 0 unspecified atom stereocenters. The van der Waals surface area contributed by atoms with Crippen LogP contribution >= 0.6 is 27.7 Å². The van der Waals surface area contributed by atoms with E-state index in [-0.39, 0.29) is 11.1 Å². The zero-order chi connectivity index (χ0) is 22.0. The van der Waals surface area contributed by atoms with Crippen molar-refractivity contribution in [1.29, 1.82) is 0 Å². The van der Waals surface area contributed by atoms with E-state index in [0.717, 1.165) is 37.6 Å². The molecule has 0 spiro atoms. The molecule has 1 heterocycles. The number of imide groups is 1. The van der Waals surface area contributed by atoms with E-state index in [2.05, 4.69) is 40.2 Å². The molecule has 0 aliphatic carbocycles. The molecule has 4 rings (SSSR count). The number of nitrogens with zero attached hydrogens (tertiary/aromatic N) is 1. The molecule has 1 fully saturated rings. The van der Waals surface area contributed by atoms with Crippen molar-refractivity contribution in [2.45, 2.75) is 13.5 Å². The second-order valence-corrected chi connectivity index (χ2v) is 8.81. The standard InChI is InChI=1S/C24H20BrNO4S/c1-3-29-20-11-18(12-22-23(27)26(2)24(28)31-22)19(25)13-21(20)30-14-15-8-9-16-6-4-5-7-17(16)10-15/h4-13H,3,14H2,1-2H3/b22-12-. The van der Waals surface area contributed by atoms with Gasteiger partial charge >= 0.3 is 0 Å². The quantitative estimate of drug-likeness (QED) is 0.377. The van der Waals surface area contributed by atoms with Gasteiger partial charge in [0.2, 0.25) is 0 Å². The Kier molecular flexibility index (Phi) is 6.34. The molecule has 0 bridgehead atoms. The predicted octanol–water partition coefficient (Wildman–Crippen LogP) is 6.25. The lowest BCUT2D eigenvalue weighted by Gasteiger charge is -2.14. The summed E-state index contributed by atoms with van der Waals surface area (Å²) in [5.41, 5.74) is 1.79. The first kappa shape index (κ1) is 21.5. The zero-order valence-corrected chi connectivity index (χ0v) is 19.5. The van der Waals surface area contributed by atoms with Gasteiger partial charge in [-0.2, -0.15) is 0 Å². The van der Waals surface area contributed by atoms with Crippen LogP contribution in [0.3, 0.4) is 0 Å². The average molecular weight is 498 g/mol. The third-order valence-corrected chi connectivity index (χ3v) is 6.49. The summed E-state index contributed by atoms with van der Waals surface area (Å²) in [6.07, 6.45) is 1.69. The number of fused-ring (bicyclic) bond motifs is 1. The molecule has 1 saturated heterocycles. The van der Waals surface area contributed by atoms with Gasteiger partial charge in [0.05, 0.1) is 11.5 Å². The lowest BCUT2D eigenvalue weighted by molar-refractivity contribution is -0.121. The molecule has 0 atom stereocenters. The zero-order valence-electron chi connectivity index (χ0n) is 17.1. The highest BCUT2D eigenvalue weighted by Gasteiger charge is 2.32. The molecule has 31 heavy (non-hydrogen) atoms. The van der Waals surface area contributed by atoms with Crippen molar-refractivity contribution in [3.8, 4) is 11.5 Å². The van der Waals surface area contributed by atoms with Gasteiger partial charge in [0.25, 0.3) is 11.1 Å². The van der Waals surface area contributed by atoms with Crippen molar-refractivity contribution in [1.82, 2.24) is 4.90 Å². The highest BCUT2D eigenvalue weighted by molar-refractivity contribution is 9.10. The van der Waals surface area contributed by atoms with E-state index in [4.69, 9.17) is 9.47 Å². The minimum atomic E-state index is -0.309. The van der Waals surface area contributed by atoms with Gasteiger partial charge in [-0.1, -0.05) is 52.3 Å². The molecule has 3 aromatic carbocycles. The number of benzene rings is 3. The smallest absolute Gasteiger partial charge is 0.293 e. The van der Waals surface area contributed by atoms with Gasteiger partial charge in [-0.3, -0.25) is 14.5 Å². The maximum absolute atomic E-state index is 12.2. The van der Waals surface area contributed by atoms with Crippen LogP contribution in [0.4, 0.5) is 4.79 Å². The Morgan fingerprint density at radius 2 is 1.74 bits per heavy atom. The summed E-state index contributed by atoms with van der Waals surface area (Å²) in [7, 11) is 1.48. The van der Waals surface area contributed by atoms with E-state index >= 15 is 0 Å². The first-order valence-electron chi connectivity index (χ1n) is 9.74. The van der Waals surface area contributed by atoms with Crippen LogP contribution in [0.1, 0.15) is 18.1 Å². The number of hydrogen-bond acceptors (Lipinski definition) is 5. The van der Waals surface area contributed by atoms with Gasteiger partial charge < -0.3 is 9.47 Å². The Hall–Kier alpha value is -2.77. The van der Waals surface area contributed by atoms with Crippen LogP contribution in [0.2, 0.25) is 0 Å². The van der Waals surface area contributed by atoms with Crippen LogP contribution in [0, 0.1) is 0 Å². The molecule has 3 aromatic rings. The van der Waals surface area contributed by atoms with E-state index in [0.29, 0.717) is 29.6 Å². The van der Waals surface area contributed by atoms with Crippen LogP contribution in [0.5, 0.6) is 11.5 Å². The summed E-state index contributed by atoms with van der Waals surface area (Å²) in [5, 5.41) is 2.06. The molecule has 0 aromatic heterocycles. The number of amides is 2. The Bertz CT molecular complexity index is 1210. The normalized spacial score (nSPS) is 15.2. The van der Waals surface area contributed by atoms with Gasteiger partial charge in [0.15, 0.2) is 11.5 Å². The Morgan fingerprint density at radius 3 is 2.45 bits per heavy atom. The predicted molar refractivity (Wildman–Crippen MR) is 127 cm³/mol. The molecule has 0 radical (unpaired) electrons. The van der Waals surface area contributed by atoms with Gasteiger partial charge in [0.1, 0.15) is 6.61 Å². The Labute approximate surface area is 193 Å². The average Bonchev–Trinajstić information content (AvgIpc) is 3.01.